The van der Waals surface area contributed by atoms with Crippen molar-refractivity contribution in [2.24, 2.45) is 11.3 Å². The van der Waals surface area contributed by atoms with Crippen molar-refractivity contribution in [1.82, 2.24) is 15.1 Å². The van der Waals surface area contributed by atoms with Crippen LogP contribution in [0.2, 0.25) is 0 Å². The minimum atomic E-state index is -3.01. The zero-order valence-electron chi connectivity index (χ0n) is 16.2. The lowest BCUT2D eigenvalue weighted by atomic mass is 9.64. The molecular weight excluding hydrogens is 354 g/mol. The van der Waals surface area contributed by atoms with Crippen LogP contribution in [0.1, 0.15) is 53.4 Å². The Balaban J connectivity index is 1.77. The van der Waals surface area contributed by atoms with Crippen LogP contribution >= 0.6 is 0 Å². The number of sulfone groups is 1. The molecule has 1 aliphatic carbocycles. The quantitative estimate of drug-likeness (QED) is 0.743. The van der Waals surface area contributed by atoms with Crippen LogP contribution in [0.4, 0.5) is 4.79 Å². The van der Waals surface area contributed by atoms with Crippen LogP contribution in [0.3, 0.4) is 0 Å². The second-order valence-corrected chi connectivity index (χ2v) is 11.4. The Kier molecular flexibility index (Phi) is 4.88. The molecule has 0 aromatic carbocycles. The number of imide groups is 1. The molecule has 1 spiro atoms. The van der Waals surface area contributed by atoms with Crippen molar-refractivity contribution in [1.29, 1.82) is 0 Å². The molecular formula is C18H31N3O4S. The van der Waals surface area contributed by atoms with Gasteiger partial charge in [-0.1, -0.05) is 27.7 Å². The number of urea groups is 1. The first kappa shape index (κ1) is 19.6. The molecule has 3 unspecified atom stereocenters. The highest BCUT2D eigenvalue weighted by Crippen LogP contribution is 2.46. The van der Waals surface area contributed by atoms with Crippen molar-refractivity contribution in [2.75, 3.05) is 24.7 Å². The number of rotatable bonds is 4. The number of nitrogens with zero attached hydrogens (tertiary/aromatic N) is 2. The van der Waals surface area contributed by atoms with Gasteiger partial charge in [-0.05, 0) is 43.6 Å². The molecule has 3 amide bonds. The van der Waals surface area contributed by atoms with E-state index in [-0.39, 0.29) is 41.6 Å². The Morgan fingerprint density at radius 3 is 2.50 bits per heavy atom. The lowest BCUT2D eigenvalue weighted by Crippen LogP contribution is -2.54. The van der Waals surface area contributed by atoms with Gasteiger partial charge in [0.2, 0.25) is 0 Å². The van der Waals surface area contributed by atoms with E-state index < -0.39 is 15.4 Å². The van der Waals surface area contributed by atoms with E-state index in [0.717, 1.165) is 6.42 Å². The summed E-state index contributed by atoms with van der Waals surface area (Å²) in [5.41, 5.74) is -0.806. The van der Waals surface area contributed by atoms with Gasteiger partial charge in [0.25, 0.3) is 5.91 Å². The molecule has 1 N–H and O–H groups in total. The second kappa shape index (κ2) is 6.48. The van der Waals surface area contributed by atoms with Gasteiger partial charge in [0.15, 0.2) is 9.84 Å². The molecule has 8 heteroatoms. The predicted molar refractivity (Wildman–Crippen MR) is 99.2 cm³/mol. The minimum absolute atomic E-state index is 0.000586. The van der Waals surface area contributed by atoms with Crippen molar-refractivity contribution in [3.05, 3.63) is 0 Å². The molecule has 2 saturated heterocycles. The van der Waals surface area contributed by atoms with Crippen molar-refractivity contribution < 1.29 is 18.0 Å². The normalized spacial score (nSPS) is 36.1. The summed E-state index contributed by atoms with van der Waals surface area (Å²) < 4.78 is 23.6. The molecule has 3 rings (SSSR count). The smallest absolute Gasteiger partial charge is 0.323 e. The van der Waals surface area contributed by atoms with Crippen LogP contribution in [-0.4, -0.2) is 66.5 Å². The summed E-state index contributed by atoms with van der Waals surface area (Å²) in [6.45, 7) is 9.13. The molecule has 0 radical (unpaired) electrons. The summed E-state index contributed by atoms with van der Waals surface area (Å²) in [5, 5.41) is 2.98. The molecule has 1 saturated carbocycles. The summed E-state index contributed by atoms with van der Waals surface area (Å²) in [6, 6.07) is -0.469. The van der Waals surface area contributed by atoms with Gasteiger partial charge in [0.1, 0.15) is 5.54 Å². The molecule has 26 heavy (non-hydrogen) atoms. The predicted octanol–water partition coefficient (Wildman–Crippen LogP) is 1.59. The van der Waals surface area contributed by atoms with Crippen LogP contribution in [0.5, 0.6) is 0 Å². The maximum Gasteiger partial charge on any atom is 0.326 e. The fourth-order valence-electron chi connectivity index (χ4n) is 5.35. The van der Waals surface area contributed by atoms with Gasteiger partial charge >= 0.3 is 6.03 Å². The van der Waals surface area contributed by atoms with E-state index >= 15 is 0 Å². The first-order valence-corrected chi connectivity index (χ1v) is 11.4. The topological polar surface area (TPSA) is 86.8 Å². The number of hydrogen-bond donors (Lipinski definition) is 1. The highest BCUT2D eigenvalue weighted by Gasteiger charge is 2.56. The summed E-state index contributed by atoms with van der Waals surface area (Å²) in [7, 11) is -3.01. The summed E-state index contributed by atoms with van der Waals surface area (Å²) in [6.07, 6.45) is 2.92. The Hall–Kier alpha value is -1.15. The molecule has 3 atom stereocenters. The number of nitrogens with one attached hydrogen (secondary N) is 1. The molecule has 3 fully saturated rings. The number of amides is 3. The van der Waals surface area contributed by atoms with Gasteiger partial charge in [0.05, 0.1) is 18.2 Å². The van der Waals surface area contributed by atoms with E-state index in [1.165, 1.54) is 4.90 Å². The van der Waals surface area contributed by atoms with E-state index in [1.54, 1.807) is 0 Å². The monoisotopic (exact) mass is 385 g/mol. The summed E-state index contributed by atoms with van der Waals surface area (Å²) in [4.78, 5) is 29.1. The van der Waals surface area contributed by atoms with Crippen molar-refractivity contribution >= 4 is 21.8 Å². The fraction of sp³-hybridized carbons (Fsp3) is 0.889. The fourth-order valence-corrected chi connectivity index (χ4v) is 7.11. The van der Waals surface area contributed by atoms with Gasteiger partial charge in [-0.25, -0.2) is 18.1 Å². The van der Waals surface area contributed by atoms with E-state index in [2.05, 4.69) is 26.1 Å². The highest BCUT2D eigenvalue weighted by atomic mass is 32.2. The maximum absolute atomic E-state index is 13.2. The Labute approximate surface area is 156 Å². The van der Waals surface area contributed by atoms with Gasteiger partial charge < -0.3 is 5.32 Å². The van der Waals surface area contributed by atoms with Crippen molar-refractivity contribution in [3.8, 4) is 0 Å². The van der Waals surface area contributed by atoms with Crippen LogP contribution in [0, 0.1) is 11.3 Å². The molecule has 0 bridgehead atoms. The van der Waals surface area contributed by atoms with E-state index in [4.69, 9.17) is 0 Å². The highest BCUT2D eigenvalue weighted by molar-refractivity contribution is 7.91. The van der Waals surface area contributed by atoms with Gasteiger partial charge in [-0.2, -0.15) is 0 Å². The number of hydrogen-bond acceptors (Lipinski definition) is 5. The first-order chi connectivity index (χ1) is 12.0. The lowest BCUT2D eigenvalue weighted by molar-refractivity contribution is -0.136. The Morgan fingerprint density at radius 1 is 1.27 bits per heavy atom. The molecule has 3 aliphatic rings. The van der Waals surface area contributed by atoms with Crippen LogP contribution < -0.4 is 5.32 Å². The van der Waals surface area contributed by atoms with E-state index in [9.17, 15) is 18.0 Å². The standard InChI is InChI=1S/C18H31N3O4S/c1-5-20(14-6-7-26(24,25)10-14)12-21-15(22)18(19-16(21)23)9-13(2)8-17(3,4)11-18/h13-14H,5-12H2,1-4H3,(H,19,23). The second-order valence-electron chi connectivity index (χ2n) is 9.20. The summed E-state index contributed by atoms with van der Waals surface area (Å²) >= 11 is 0. The number of carbonyl (C=O) groups is 2. The number of carbonyl (C=O) groups excluding carboxylic acids is 2. The SMILES string of the molecule is CCN(CN1C(=O)NC2(CC(C)CC(C)(C)C2)C1=O)C1CCS(=O)(=O)C1. The van der Waals surface area contributed by atoms with Crippen LogP contribution in [-0.2, 0) is 14.6 Å². The third kappa shape index (κ3) is 3.63. The molecule has 0 aromatic heterocycles. The van der Waals surface area contributed by atoms with Crippen LogP contribution in [0.15, 0.2) is 0 Å². The Morgan fingerprint density at radius 2 is 1.96 bits per heavy atom. The third-order valence-corrected chi connectivity index (χ3v) is 7.83. The van der Waals surface area contributed by atoms with Gasteiger partial charge in [-0.3, -0.25) is 9.69 Å². The molecule has 148 valence electrons. The zero-order chi connectivity index (χ0) is 19.3. The van der Waals surface area contributed by atoms with Crippen molar-refractivity contribution in [3.63, 3.8) is 0 Å². The van der Waals surface area contributed by atoms with Crippen LogP contribution in [0.25, 0.3) is 0 Å². The first-order valence-electron chi connectivity index (χ1n) is 9.55. The zero-order valence-corrected chi connectivity index (χ0v) is 17.1. The molecule has 2 heterocycles. The Bertz CT molecular complexity index is 705. The third-order valence-electron chi connectivity index (χ3n) is 6.08. The van der Waals surface area contributed by atoms with Crippen molar-refractivity contribution in [2.45, 2.75) is 65.0 Å². The maximum atomic E-state index is 13.2. The minimum Gasteiger partial charge on any atom is -0.323 e. The van der Waals surface area contributed by atoms with Gasteiger partial charge in [0, 0.05) is 6.04 Å². The lowest BCUT2D eigenvalue weighted by Gasteiger charge is -2.44. The molecule has 7 nitrogen and oxygen atoms in total. The molecule has 2 aliphatic heterocycles. The average molecular weight is 386 g/mol. The average Bonchev–Trinajstić information content (AvgIpc) is 2.94. The summed E-state index contributed by atoms with van der Waals surface area (Å²) in [5.74, 6) is 0.510. The van der Waals surface area contributed by atoms with Gasteiger partial charge in [-0.15, -0.1) is 0 Å². The molecule has 0 aromatic rings. The van der Waals surface area contributed by atoms with E-state index in [1.807, 2.05) is 11.8 Å². The van der Waals surface area contributed by atoms with E-state index in [0.29, 0.717) is 31.7 Å². The largest absolute Gasteiger partial charge is 0.326 e.